The number of hydrogen-bond donors (Lipinski definition) is 1. The normalized spacial score (nSPS) is 56.4. The monoisotopic (exact) mass is 477 g/mol. The van der Waals surface area contributed by atoms with Gasteiger partial charge in [-0.25, -0.2) is 0 Å². The van der Waals surface area contributed by atoms with Crippen LogP contribution in [0, 0.1) is 40.4 Å². The number of Topliss-reactive ketones (excluding diaryl/α,β-unsaturated/α-hetero) is 1. The molecule has 5 saturated carbocycles. The van der Waals surface area contributed by atoms with Crippen LogP contribution >= 0.6 is 0 Å². The van der Waals surface area contributed by atoms with E-state index in [1.54, 1.807) is 21.3 Å². The quantitative estimate of drug-likeness (QED) is 0.630. The molecule has 0 aromatic heterocycles. The minimum Gasteiger partial charge on any atom is -0.389 e. The second-order valence-corrected chi connectivity index (χ2v) is 12.2. The molecule has 11 atom stereocenters. The van der Waals surface area contributed by atoms with Crippen LogP contribution in [0.25, 0.3) is 0 Å². The smallest absolute Gasteiger partial charge is 0.177 e. The Hall–Kier alpha value is -0.610. The van der Waals surface area contributed by atoms with Gasteiger partial charge in [-0.15, -0.1) is 0 Å². The predicted molar refractivity (Wildman–Crippen MR) is 120 cm³/mol. The molecular formula is C26H39NO7. The molecule has 190 valence electrons. The average molecular weight is 478 g/mol. The molecule has 0 aromatic rings. The lowest BCUT2D eigenvalue weighted by Crippen LogP contribution is -2.81. The predicted octanol–water partition coefficient (Wildman–Crippen LogP) is 1.09. The highest BCUT2D eigenvalue weighted by Crippen LogP contribution is 2.81. The van der Waals surface area contributed by atoms with Gasteiger partial charge in [0.25, 0.3) is 0 Å². The molecule has 34 heavy (non-hydrogen) atoms. The topological polar surface area (TPSA) is 86.7 Å². The largest absolute Gasteiger partial charge is 0.389 e. The van der Waals surface area contributed by atoms with Crippen molar-refractivity contribution >= 4 is 5.78 Å². The molecule has 8 nitrogen and oxygen atoms in total. The van der Waals surface area contributed by atoms with E-state index in [1.165, 1.54) is 0 Å². The molecule has 5 aliphatic carbocycles. The molecular weight excluding hydrogens is 438 g/mol. The summed E-state index contributed by atoms with van der Waals surface area (Å²) in [7, 11) is 5.18. The zero-order valence-corrected chi connectivity index (χ0v) is 20.8. The number of carbonyl (C=O) groups excluding carboxylic acids is 1. The van der Waals surface area contributed by atoms with E-state index in [-0.39, 0.29) is 47.0 Å². The summed E-state index contributed by atoms with van der Waals surface area (Å²) in [5.74, 6) is -0.250. The molecule has 0 amide bonds. The van der Waals surface area contributed by atoms with Gasteiger partial charge in [0.15, 0.2) is 11.6 Å². The van der Waals surface area contributed by atoms with E-state index < -0.39 is 22.9 Å². The highest BCUT2D eigenvalue weighted by molar-refractivity contribution is 5.88. The molecule has 2 heterocycles. The van der Waals surface area contributed by atoms with Crippen LogP contribution in [0.4, 0.5) is 0 Å². The van der Waals surface area contributed by atoms with Gasteiger partial charge in [0.2, 0.25) is 0 Å². The summed E-state index contributed by atoms with van der Waals surface area (Å²) in [6.45, 7) is 5.66. The summed E-state index contributed by atoms with van der Waals surface area (Å²) in [6, 6.07) is 0.217. The average Bonchev–Trinajstić information content (AvgIpc) is 3.34. The van der Waals surface area contributed by atoms with Gasteiger partial charge in [0, 0.05) is 70.4 Å². The third-order valence-corrected chi connectivity index (χ3v) is 11.8. The lowest BCUT2D eigenvalue weighted by Gasteiger charge is -2.74. The molecule has 0 aromatic carbocycles. The molecule has 7 rings (SSSR count). The fourth-order valence-electron chi connectivity index (χ4n) is 11.2. The summed E-state index contributed by atoms with van der Waals surface area (Å²) in [6.07, 6.45) is 2.35. The van der Waals surface area contributed by atoms with Crippen molar-refractivity contribution in [3.05, 3.63) is 0 Å². The first-order valence-electron chi connectivity index (χ1n) is 13.2. The molecule has 0 radical (unpaired) electrons. The highest BCUT2D eigenvalue weighted by atomic mass is 16.7. The summed E-state index contributed by atoms with van der Waals surface area (Å²) in [5, 5.41) is 12.6. The maximum atomic E-state index is 13.2. The molecule has 1 unspecified atom stereocenters. The van der Waals surface area contributed by atoms with Gasteiger partial charge in [-0.2, -0.15) is 0 Å². The maximum Gasteiger partial charge on any atom is 0.177 e. The van der Waals surface area contributed by atoms with E-state index >= 15 is 0 Å². The number of aliphatic hydroxyl groups is 1. The SMILES string of the molecule is CCN1C[C@@]2(COC)[C@H]3[C@@H](OC)[C@H]4C1[C@]3(CCC21OCCO1)[C@@H]1C[C@@H]2C(=O)[C@H](OC)C[C@@]4(O)[C@@H]21. The molecule has 2 saturated heterocycles. The number of rotatable bonds is 5. The first kappa shape index (κ1) is 22.6. The highest BCUT2D eigenvalue weighted by Gasteiger charge is 2.88. The van der Waals surface area contributed by atoms with Crippen molar-refractivity contribution in [2.75, 3.05) is 54.2 Å². The molecule has 2 aliphatic heterocycles. The number of methoxy groups -OCH3 is 3. The number of nitrogens with zero attached hydrogens (tertiary/aromatic N) is 1. The second-order valence-electron chi connectivity index (χ2n) is 12.2. The van der Waals surface area contributed by atoms with Gasteiger partial charge in [0.1, 0.15) is 6.10 Å². The first-order chi connectivity index (χ1) is 16.4. The Bertz CT molecular complexity index is 892. The van der Waals surface area contributed by atoms with Crippen molar-refractivity contribution < 1.29 is 33.6 Å². The number of fused-ring (bicyclic) bond motifs is 2. The van der Waals surface area contributed by atoms with Crippen molar-refractivity contribution in [1.29, 1.82) is 0 Å². The number of hydrogen-bond acceptors (Lipinski definition) is 8. The van der Waals surface area contributed by atoms with Gasteiger partial charge >= 0.3 is 0 Å². The summed E-state index contributed by atoms with van der Waals surface area (Å²) < 4.78 is 31.1. The fourth-order valence-corrected chi connectivity index (χ4v) is 11.2. The zero-order valence-electron chi connectivity index (χ0n) is 20.8. The van der Waals surface area contributed by atoms with Crippen LogP contribution in [0.2, 0.25) is 0 Å². The molecule has 7 fully saturated rings. The van der Waals surface area contributed by atoms with Crippen LogP contribution < -0.4 is 0 Å². The van der Waals surface area contributed by atoms with Gasteiger partial charge < -0.3 is 28.8 Å². The molecule has 5 bridgehead atoms. The Kier molecular flexibility index (Phi) is 4.67. The van der Waals surface area contributed by atoms with Crippen molar-refractivity contribution in [1.82, 2.24) is 4.90 Å². The Labute approximate surface area is 201 Å². The summed E-state index contributed by atoms with van der Waals surface area (Å²) >= 11 is 0. The van der Waals surface area contributed by atoms with Crippen LogP contribution in [0.1, 0.15) is 32.6 Å². The number of likely N-dealkylation sites (tertiary alicyclic amines) is 1. The lowest BCUT2D eigenvalue weighted by atomic mass is 9.35. The van der Waals surface area contributed by atoms with Crippen LogP contribution in [0.15, 0.2) is 0 Å². The third-order valence-electron chi connectivity index (χ3n) is 11.8. The standard InChI is InChI=1S/C26H39NO7/c1-5-27-12-23(13-30-2)21-20(32-4)18-22(27)24(21,6-7-26(23)33-8-9-34-26)15-10-14-17(15)25(18,29)11-16(31-3)19(14)28/h14-18,20-22,29H,5-13H2,1-4H3/t14-,15+,16+,17-,18-,20-,21+,22?,23+,24+,25+/m0/s1. The van der Waals surface area contributed by atoms with Crippen molar-refractivity contribution in [3.63, 3.8) is 0 Å². The van der Waals surface area contributed by atoms with Crippen LogP contribution in [0.5, 0.6) is 0 Å². The molecule has 1 N–H and O–H groups in total. The Balaban J connectivity index is 1.46. The van der Waals surface area contributed by atoms with E-state index in [2.05, 4.69) is 11.8 Å². The molecule has 8 heteroatoms. The number of ketones is 1. The second kappa shape index (κ2) is 7.03. The van der Waals surface area contributed by atoms with Gasteiger partial charge in [-0.3, -0.25) is 9.69 Å². The fraction of sp³-hybridized carbons (Fsp3) is 0.962. The third kappa shape index (κ3) is 2.14. The van der Waals surface area contributed by atoms with Crippen molar-refractivity contribution in [2.45, 2.75) is 62.2 Å². The van der Waals surface area contributed by atoms with Crippen molar-refractivity contribution in [2.24, 2.45) is 40.4 Å². The van der Waals surface area contributed by atoms with Gasteiger partial charge in [-0.1, -0.05) is 6.92 Å². The minimum atomic E-state index is -0.975. The van der Waals surface area contributed by atoms with E-state index in [0.29, 0.717) is 32.2 Å². The Morgan fingerprint density at radius 2 is 1.88 bits per heavy atom. The maximum absolute atomic E-state index is 13.2. The summed E-state index contributed by atoms with van der Waals surface area (Å²) in [5.41, 5.74) is -1.40. The van der Waals surface area contributed by atoms with E-state index in [9.17, 15) is 9.90 Å². The molecule has 2 spiro atoms. The van der Waals surface area contributed by atoms with E-state index in [0.717, 1.165) is 32.4 Å². The van der Waals surface area contributed by atoms with E-state index in [4.69, 9.17) is 23.7 Å². The number of ether oxygens (including phenoxy) is 5. The minimum absolute atomic E-state index is 0.00758. The van der Waals surface area contributed by atoms with Crippen molar-refractivity contribution in [3.8, 4) is 0 Å². The van der Waals surface area contributed by atoms with Crippen LogP contribution in [0.3, 0.4) is 0 Å². The van der Waals surface area contributed by atoms with E-state index in [1.807, 2.05) is 0 Å². The zero-order chi connectivity index (χ0) is 23.7. The molecule has 7 aliphatic rings. The van der Waals surface area contributed by atoms with Crippen LogP contribution in [-0.2, 0) is 28.5 Å². The number of carbonyl (C=O) groups is 1. The Morgan fingerprint density at radius 1 is 1.12 bits per heavy atom. The van der Waals surface area contributed by atoms with Gasteiger partial charge in [0.05, 0.1) is 36.9 Å². The first-order valence-corrected chi connectivity index (χ1v) is 13.2. The Morgan fingerprint density at radius 3 is 2.53 bits per heavy atom. The number of piperidine rings is 1. The summed E-state index contributed by atoms with van der Waals surface area (Å²) in [4.78, 5) is 15.8. The lowest BCUT2D eigenvalue weighted by molar-refractivity contribution is -0.356. The van der Waals surface area contributed by atoms with Crippen LogP contribution in [-0.4, -0.2) is 99.7 Å². The van der Waals surface area contributed by atoms with Gasteiger partial charge in [-0.05, 0) is 30.7 Å².